The lowest BCUT2D eigenvalue weighted by atomic mass is 9.91. The third-order valence-electron chi connectivity index (χ3n) is 10.5. The number of nitrogens with zero attached hydrogens (tertiary/aromatic N) is 1. The summed E-state index contributed by atoms with van der Waals surface area (Å²) >= 11 is 0. The molecule has 4 aromatic rings. The van der Waals surface area contributed by atoms with Gasteiger partial charge in [-0.1, -0.05) is 60.7 Å². The molecule has 8 rings (SSSR count). The lowest BCUT2D eigenvalue weighted by Crippen LogP contribution is -2.50. The molecule has 0 radical (unpaired) electrons. The molecule has 1 N–H and O–H groups in total. The van der Waals surface area contributed by atoms with Gasteiger partial charge in [-0.2, -0.15) is 0 Å². The molecule has 1 amide bonds. The van der Waals surface area contributed by atoms with Gasteiger partial charge in [0.15, 0.2) is 23.0 Å². The second-order valence-electron chi connectivity index (χ2n) is 15.9. The Kier molecular flexibility index (Phi) is 12.6. The van der Waals surface area contributed by atoms with Crippen LogP contribution in [0.4, 0.5) is 4.79 Å². The number of benzene rings is 4. The number of methoxy groups -OCH3 is 2. The maximum atomic E-state index is 12.1. The van der Waals surface area contributed by atoms with E-state index in [0.717, 1.165) is 59.1 Å². The van der Waals surface area contributed by atoms with Crippen molar-refractivity contribution in [3.05, 3.63) is 118 Å². The molecule has 8 nitrogen and oxygen atoms in total. The van der Waals surface area contributed by atoms with Crippen molar-refractivity contribution in [3.63, 3.8) is 0 Å². The van der Waals surface area contributed by atoms with Gasteiger partial charge in [-0.05, 0) is 116 Å². The third-order valence-corrected chi connectivity index (χ3v) is 10.5. The average Bonchev–Trinajstić information content (AvgIpc) is 4.04. The van der Waals surface area contributed by atoms with Crippen LogP contribution in [0.5, 0.6) is 23.0 Å². The monoisotopic (exact) mass is 754 g/mol. The molecule has 0 spiro atoms. The first-order valence-corrected chi connectivity index (χ1v) is 19.1. The molecule has 288 valence electrons. The van der Waals surface area contributed by atoms with Gasteiger partial charge in [0.1, 0.15) is 18.8 Å². The fourth-order valence-electron chi connectivity index (χ4n) is 6.73. The van der Waals surface area contributed by atoms with E-state index >= 15 is 0 Å². The molecule has 0 bridgehead atoms. The second kappa shape index (κ2) is 17.4. The normalized spacial score (nSPS) is 16.8. The van der Waals surface area contributed by atoms with Crippen molar-refractivity contribution in [1.29, 1.82) is 0 Å². The molecular formula is C45H55ClN2O6. The van der Waals surface area contributed by atoms with Crippen LogP contribution in [-0.4, -0.2) is 57.0 Å². The van der Waals surface area contributed by atoms with E-state index in [1.165, 1.54) is 47.9 Å². The SMILES string of the molecule is COc1cc(C2CN(C(=O)OC(C)(C)C)C2)ccc1OCc1ccc(C2CC2)cc1.COc1cc(C2CNC2)ccc1OCc1ccc(C2CC2)cc1.Cl. The van der Waals surface area contributed by atoms with Crippen molar-refractivity contribution >= 4 is 18.5 Å². The van der Waals surface area contributed by atoms with E-state index in [1.807, 2.05) is 39.0 Å². The van der Waals surface area contributed by atoms with Crippen molar-refractivity contribution in [2.75, 3.05) is 40.4 Å². The van der Waals surface area contributed by atoms with Crippen LogP contribution in [0.15, 0.2) is 84.9 Å². The first-order chi connectivity index (χ1) is 25.7. The van der Waals surface area contributed by atoms with Crippen molar-refractivity contribution < 1.29 is 28.5 Å². The third kappa shape index (κ3) is 10.2. The van der Waals surface area contributed by atoms with E-state index < -0.39 is 5.60 Å². The number of nitrogens with one attached hydrogen (secondary N) is 1. The zero-order valence-corrected chi connectivity index (χ0v) is 33.1. The van der Waals surface area contributed by atoms with Crippen LogP contribution in [-0.2, 0) is 18.0 Å². The van der Waals surface area contributed by atoms with E-state index in [2.05, 4.69) is 72.0 Å². The number of rotatable bonds is 12. The predicted octanol–water partition coefficient (Wildman–Crippen LogP) is 9.75. The van der Waals surface area contributed by atoms with Crippen molar-refractivity contribution in [2.24, 2.45) is 0 Å². The van der Waals surface area contributed by atoms with Gasteiger partial charge < -0.3 is 33.9 Å². The summed E-state index contributed by atoms with van der Waals surface area (Å²) in [6, 6.07) is 29.9. The molecule has 0 unspecified atom stereocenters. The van der Waals surface area contributed by atoms with Crippen molar-refractivity contribution in [1.82, 2.24) is 10.2 Å². The topological polar surface area (TPSA) is 78.5 Å². The number of carbonyl (C=O) groups excluding carboxylic acids is 1. The highest BCUT2D eigenvalue weighted by atomic mass is 35.5. The standard InChI is InChI=1S/C25H31NO4.C20H23NO2.ClH/c1-25(2,3)30-24(27)26-14-21(15-26)20-11-12-22(23(13-20)28-4)29-16-17-5-7-18(8-6-17)19-9-10-19;1-22-20-10-17(18-11-21-12-18)8-9-19(20)23-13-14-2-4-15(5-3-14)16-6-7-16;/h5-8,11-13,19,21H,9-10,14-16H2,1-4H3;2-5,8-10,16,18,21H,6-7,11-13H2,1H3;1H. The van der Waals surface area contributed by atoms with Crippen LogP contribution in [0.25, 0.3) is 0 Å². The highest BCUT2D eigenvalue weighted by Gasteiger charge is 2.35. The molecule has 2 aliphatic carbocycles. The number of amides is 1. The summed E-state index contributed by atoms with van der Waals surface area (Å²) < 4.78 is 28.5. The molecule has 9 heteroatoms. The lowest BCUT2D eigenvalue weighted by Gasteiger charge is -2.40. The zero-order valence-electron chi connectivity index (χ0n) is 32.3. The van der Waals surface area contributed by atoms with Gasteiger partial charge in [-0.25, -0.2) is 4.79 Å². The molecule has 0 aromatic heterocycles. The first kappa shape index (κ1) is 39.3. The number of likely N-dealkylation sites (tertiary alicyclic amines) is 1. The Morgan fingerprint density at radius 2 is 1.04 bits per heavy atom. The molecule has 2 heterocycles. The summed E-state index contributed by atoms with van der Waals surface area (Å²) in [5, 5.41) is 3.30. The Balaban J connectivity index is 0.000000187. The van der Waals surface area contributed by atoms with Gasteiger partial charge >= 0.3 is 6.09 Å². The molecule has 2 saturated carbocycles. The number of carbonyl (C=O) groups is 1. The largest absolute Gasteiger partial charge is 0.493 e. The molecule has 2 saturated heterocycles. The fourth-order valence-corrected chi connectivity index (χ4v) is 6.73. The quantitative estimate of drug-likeness (QED) is 0.154. The Bertz CT molecular complexity index is 1840. The Morgan fingerprint density at radius 1 is 0.611 bits per heavy atom. The minimum atomic E-state index is -0.470. The van der Waals surface area contributed by atoms with Gasteiger partial charge in [0.2, 0.25) is 0 Å². The van der Waals surface area contributed by atoms with Crippen LogP contribution < -0.4 is 24.3 Å². The average molecular weight is 755 g/mol. The van der Waals surface area contributed by atoms with Gasteiger partial charge in [0, 0.05) is 38.0 Å². The lowest BCUT2D eigenvalue weighted by molar-refractivity contribution is 0.00817. The zero-order chi connectivity index (χ0) is 37.0. The minimum absolute atomic E-state index is 0. The first-order valence-electron chi connectivity index (χ1n) is 19.1. The number of halogens is 1. The van der Waals surface area contributed by atoms with Crippen LogP contribution >= 0.6 is 12.4 Å². The summed E-state index contributed by atoms with van der Waals surface area (Å²) in [5.41, 5.74) is 7.24. The second-order valence-corrected chi connectivity index (χ2v) is 15.9. The van der Waals surface area contributed by atoms with E-state index in [9.17, 15) is 4.79 Å². The highest BCUT2D eigenvalue weighted by Crippen LogP contribution is 2.41. The van der Waals surface area contributed by atoms with Crippen LogP contribution in [0, 0.1) is 0 Å². The van der Waals surface area contributed by atoms with Gasteiger partial charge in [-0.15, -0.1) is 12.4 Å². The molecule has 4 fully saturated rings. The smallest absolute Gasteiger partial charge is 0.410 e. The van der Waals surface area contributed by atoms with Crippen LogP contribution in [0.2, 0.25) is 0 Å². The molecule has 54 heavy (non-hydrogen) atoms. The Hall–Kier alpha value is -4.40. The van der Waals surface area contributed by atoms with Gasteiger partial charge in [0.05, 0.1) is 14.2 Å². The van der Waals surface area contributed by atoms with E-state index in [-0.39, 0.29) is 24.4 Å². The summed E-state index contributed by atoms with van der Waals surface area (Å²) in [5.74, 6) is 5.56. The van der Waals surface area contributed by atoms with E-state index in [0.29, 0.717) is 32.2 Å². The molecule has 4 aromatic carbocycles. The number of hydrogen-bond donors (Lipinski definition) is 1. The molecule has 0 atom stereocenters. The predicted molar refractivity (Wildman–Crippen MR) is 215 cm³/mol. The number of hydrogen-bond acceptors (Lipinski definition) is 7. The summed E-state index contributed by atoms with van der Waals surface area (Å²) in [6.45, 7) is 10.2. The minimum Gasteiger partial charge on any atom is -0.493 e. The molecule has 4 aliphatic rings. The van der Waals surface area contributed by atoms with Crippen LogP contribution in [0.1, 0.15) is 104 Å². The maximum absolute atomic E-state index is 12.1. The maximum Gasteiger partial charge on any atom is 0.410 e. The number of ether oxygens (including phenoxy) is 5. The van der Waals surface area contributed by atoms with E-state index in [1.54, 1.807) is 19.1 Å². The van der Waals surface area contributed by atoms with E-state index in [4.69, 9.17) is 23.7 Å². The van der Waals surface area contributed by atoms with Crippen molar-refractivity contribution in [2.45, 2.75) is 88.9 Å². The fraction of sp³-hybridized carbons (Fsp3) is 0.444. The summed E-state index contributed by atoms with van der Waals surface area (Å²) in [4.78, 5) is 13.9. The highest BCUT2D eigenvalue weighted by molar-refractivity contribution is 5.85. The molecular weight excluding hydrogens is 700 g/mol. The van der Waals surface area contributed by atoms with Gasteiger partial charge in [-0.3, -0.25) is 0 Å². The van der Waals surface area contributed by atoms with Crippen molar-refractivity contribution in [3.8, 4) is 23.0 Å². The van der Waals surface area contributed by atoms with Gasteiger partial charge in [0.25, 0.3) is 0 Å². The summed E-state index contributed by atoms with van der Waals surface area (Å²) in [6.07, 6.45) is 5.07. The summed E-state index contributed by atoms with van der Waals surface area (Å²) in [7, 11) is 3.36. The Morgan fingerprint density at radius 3 is 1.41 bits per heavy atom. The Labute approximate surface area is 326 Å². The molecule has 2 aliphatic heterocycles. The van der Waals surface area contributed by atoms with Crippen LogP contribution in [0.3, 0.4) is 0 Å².